The first-order chi connectivity index (χ1) is 16.5. The monoisotopic (exact) mass is 473 g/mol. The molecule has 188 valence electrons. The zero-order chi connectivity index (χ0) is 24.0. The SMILES string of the molecule is CCCCCOc1ccc(C2(C)C(=O)N(CN3CCOCC3)C(=O)C2CN2CCOCC2)cc1. The molecule has 3 fully saturated rings. The van der Waals surface area contributed by atoms with Crippen LogP contribution in [0.15, 0.2) is 24.3 Å². The average molecular weight is 474 g/mol. The molecule has 0 bridgehead atoms. The molecule has 1 aromatic rings. The number of amides is 2. The topological polar surface area (TPSA) is 71.6 Å². The summed E-state index contributed by atoms with van der Waals surface area (Å²) in [6, 6.07) is 7.79. The van der Waals surface area contributed by atoms with Crippen molar-refractivity contribution in [3.63, 3.8) is 0 Å². The molecule has 0 N–H and O–H groups in total. The van der Waals surface area contributed by atoms with Gasteiger partial charge in [-0.2, -0.15) is 0 Å². The number of nitrogens with zero attached hydrogens (tertiary/aromatic N) is 3. The highest BCUT2D eigenvalue weighted by molar-refractivity contribution is 6.10. The largest absolute Gasteiger partial charge is 0.494 e. The highest BCUT2D eigenvalue weighted by Crippen LogP contribution is 2.42. The van der Waals surface area contributed by atoms with Gasteiger partial charge >= 0.3 is 0 Å². The van der Waals surface area contributed by atoms with Gasteiger partial charge in [0.25, 0.3) is 0 Å². The Hall–Kier alpha value is -2.00. The predicted octanol–water partition coefficient (Wildman–Crippen LogP) is 2.12. The lowest BCUT2D eigenvalue weighted by molar-refractivity contribution is -0.143. The van der Waals surface area contributed by atoms with Crippen molar-refractivity contribution in [1.29, 1.82) is 0 Å². The van der Waals surface area contributed by atoms with Gasteiger partial charge in [-0.1, -0.05) is 31.9 Å². The van der Waals surface area contributed by atoms with Crippen LogP contribution in [0.4, 0.5) is 0 Å². The quantitative estimate of drug-likeness (QED) is 0.381. The Kier molecular flexibility index (Phi) is 8.58. The summed E-state index contributed by atoms with van der Waals surface area (Å²) in [6.07, 6.45) is 3.33. The van der Waals surface area contributed by atoms with E-state index in [1.807, 2.05) is 31.2 Å². The van der Waals surface area contributed by atoms with E-state index in [1.165, 1.54) is 4.90 Å². The Balaban J connectivity index is 1.55. The van der Waals surface area contributed by atoms with Crippen LogP contribution < -0.4 is 4.74 Å². The van der Waals surface area contributed by atoms with Gasteiger partial charge in [-0.05, 0) is 31.0 Å². The molecule has 3 aliphatic rings. The molecule has 4 rings (SSSR count). The molecule has 0 aliphatic carbocycles. The summed E-state index contributed by atoms with van der Waals surface area (Å²) in [6.45, 7) is 11.3. The van der Waals surface area contributed by atoms with Crippen molar-refractivity contribution < 1.29 is 23.8 Å². The number of carbonyl (C=O) groups is 2. The standard InChI is InChI=1S/C26H39N3O5/c1-3-4-5-14-34-22-8-6-21(7-9-22)26(2)23(19-27-10-15-32-16-11-27)24(30)29(25(26)31)20-28-12-17-33-18-13-28/h6-9,23H,3-5,10-20H2,1-2H3. The van der Waals surface area contributed by atoms with Crippen LogP contribution in [0, 0.1) is 5.92 Å². The van der Waals surface area contributed by atoms with Gasteiger partial charge in [-0.15, -0.1) is 0 Å². The lowest BCUT2D eigenvalue weighted by Gasteiger charge is -2.34. The molecule has 2 amide bonds. The van der Waals surface area contributed by atoms with E-state index in [2.05, 4.69) is 16.7 Å². The summed E-state index contributed by atoms with van der Waals surface area (Å²) in [5, 5.41) is 0. The van der Waals surface area contributed by atoms with Gasteiger partial charge < -0.3 is 14.2 Å². The van der Waals surface area contributed by atoms with E-state index >= 15 is 0 Å². The van der Waals surface area contributed by atoms with Gasteiger partial charge in [-0.3, -0.25) is 24.3 Å². The van der Waals surface area contributed by atoms with Crippen molar-refractivity contribution in [2.75, 3.05) is 72.4 Å². The number of unbranched alkanes of at least 4 members (excludes halogenated alkanes) is 2. The van der Waals surface area contributed by atoms with Crippen molar-refractivity contribution in [3.8, 4) is 5.75 Å². The number of hydrogen-bond acceptors (Lipinski definition) is 7. The van der Waals surface area contributed by atoms with Crippen molar-refractivity contribution in [3.05, 3.63) is 29.8 Å². The molecule has 0 radical (unpaired) electrons. The lowest BCUT2D eigenvalue weighted by Crippen LogP contribution is -2.47. The maximum absolute atomic E-state index is 13.9. The fraction of sp³-hybridized carbons (Fsp3) is 0.692. The number of benzene rings is 1. The third-order valence-corrected chi connectivity index (χ3v) is 7.41. The third kappa shape index (κ3) is 5.46. The van der Waals surface area contributed by atoms with Crippen LogP contribution in [-0.2, 0) is 24.5 Å². The summed E-state index contributed by atoms with van der Waals surface area (Å²) in [4.78, 5) is 33.4. The molecule has 2 unspecified atom stereocenters. The van der Waals surface area contributed by atoms with Crippen LogP contribution in [0.1, 0.15) is 38.7 Å². The van der Waals surface area contributed by atoms with E-state index in [-0.39, 0.29) is 11.8 Å². The Morgan fingerprint density at radius 1 is 0.941 bits per heavy atom. The van der Waals surface area contributed by atoms with Crippen LogP contribution in [0.5, 0.6) is 5.75 Å². The van der Waals surface area contributed by atoms with Crippen LogP contribution >= 0.6 is 0 Å². The molecule has 3 heterocycles. The van der Waals surface area contributed by atoms with Gasteiger partial charge in [-0.25, -0.2) is 0 Å². The number of carbonyl (C=O) groups excluding carboxylic acids is 2. The minimum absolute atomic E-state index is 0.0784. The summed E-state index contributed by atoms with van der Waals surface area (Å²) >= 11 is 0. The number of rotatable bonds is 10. The first-order valence-electron chi connectivity index (χ1n) is 12.7. The van der Waals surface area contributed by atoms with Crippen molar-refractivity contribution in [2.45, 2.75) is 38.5 Å². The second-order valence-corrected chi connectivity index (χ2v) is 9.69. The van der Waals surface area contributed by atoms with Gasteiger partial charge in [0.15, 0.2) is 0 Å². The number of likely N-dealkylation sites (tertiary alicyclic amines) is 1. The molecule has 8 nitrogen and oxygen atoms in total. The third-order valence-electron chi connectivity index (χ3n) is 7.41. The first kappa shape index (κ1) is 25.1. The fourth-order valence-corrected chi connectivity index (χ4v) is 5.11. The molecule has 0 saturated carbocycles. The molecule has 3 saturated heterocycles. The van der Waals surface area contributed by atoms with Crippen molar-refractivity contribution in [2.24, 2.45) is 5.92 Å². The van der Waals surface area contributed by atoms with Crippen molar-refractivity contribution >= 4 is 11.8 Å². The summed E-state index contributed by atoms with van der Waals surface area (Å²) in [7, 11) is 0. The molecule has 8 heteroatoms. The Morgan fingerprint density at radius 3 is 2.18 bits per heavy atom. The number of imide groups is 1. The van der Waals surface area contributed by atoms with Gasteiger partial charge in [0.2, 0.25) is 11.8 Å². The van der Waals surface area contributed by atoms with Crippen LogP contribution in [0.3, 0.4) is 0 Å². The first-order valence-corrected chi connectivity index (χ1v) is 12.7. The summed E-state index contributed by atoms with van der Waals surface area (Å²) < 4.78 is 16.8. The molecule has 3 aliphatic heterocycles. The van der Waals surface area contributed by atoms with E-state index < -0.39 is 11.3 Å². The number of hydrogen-bond donors (Lipinski definition) is 0. The zero-order valence-corrected chi connectivity index (χ0v) is 20.7. The molecule has 2 atom stereocenters. The van der Waals surface area contributed by atoms with Crippen molar-refractivity contribution in [1.82, 2.24) is 14.7 Å². The second-order valence-electron chi connectivity index (χ2n) is 9.69. The minimum atomic E-state index is -0.914. The van der Waals surface area contributed by atoms with E-state index in [9.17, 15) is 9.59 Å². The van der Waals surface area contributed by atoms with E-state index in [1.54, 1.807) is 0 Å². The maximum atomic E-state index is 13.9. The van der Waals surface area contributed by atoms with Crippen LogP contribution in [0.2, 0.25) is 0 Å². The smallest absolute Gasteiger partial charge is 0.241 e. The number of morpholine rings is 2. The van der Waals surface area contributed by atoms with Crippen LogP contribution in [0.25, 0.3) is 0 Å². The average Bonchev–Trinajstić information content (AvgIpc) is 3.05. The van der Waals surface area contributed by atoms with Crippen LogP contribution in [-0.4, -0.2) is 98.9 Å². The summed E-state index contributed by atoms with van der Waals surface area (Å²) in [5.74, 6) is 0.176. The normalized spacial score (nSPS) is 26.9. The zero-order valence-electron chi connectivity index (χ0n) is 20.7. The van der Waals surface area contributed by atoms with E-state index in [0.29, 0.717) is 46.2 Å². The maximum Gasteiger partial charge on any atom is 0.241 e. The molecule has 34 heavy (non-hydrogen) atoms. The Morgan fingerprint density at radius 2 is 1.56 bits per heavy atom. The molecule has 0 spiro atoms. The molecular formula is C26H39N3O5. The Bertz CT molecular complexity index is 820. The van der Waals surface area contributed by atoms with E-state index in [4.69, 9.17) is 14.2 Å². The predicted molar refractivity (Wildman–Crippen MR) is 129 cm³/mol. The lowest BCUT2D eigenvalue weighted by atomic mass is 9.73. The fourth-order valence-electron chi connectivity index (χ4n) is 5.11. The highest BCUT2D eigenvalue weighted by Gasteiger charge is 2.57. The Labute approximate surface area is 203 Å². The van der Waals surface area contributed by atoms with Gasteiger partial charge in [0, 0.05) is 32.7 Å². The number of ether oxygens (including phenoxy) is 3. The van der Waals surface area contributed by atoms with Gasteiger partial charge in [0.05, 0.1) is 51.0 Å². The highest BCUT2D eigenvalue weighted by atomic mass is 16.5. The molecule has 1 aromatic carbocycles. The second kappa shape index (κ2) is 11.6. The van der Waals surface area contributed by atoms with Gasteiger partial charge in [0.1, 0.15) is 5.75 Å². The minimum Gasteiger partial charge on any atom is -0.494 e. The molecule has 0 aromatic heterocycles. The molecular weight excluding hydrogens is 434 g/mol. The van der Waals surface area contributed by atoms with E-state index in [0.717, 1.165) is 56.8 Å². The summed E-state index contributed by atoms with van der Waals surface area (Å²) in [5.41, 5.74) is -0.0444.